The molecule has 1 atom stereocenters. The summed E-state index contributed by atoms with van der Waals surface area (Å²) in [6.45, 7) is 1.69. The van der Waals surface area contributed by atoms with Gasteiger partial charge in [-0.15, -0.1) is 0 Å². The second-order valence-electron chi connectivity index (χ2n) is 3.68. The number of hydrogen-bond donors (Lipinski definition) is 1. The fourth-order valence-electron chi connectivity index (χ4n) is 1.31. The van der Waals surface area contributed by atoms with Crippen molar-refractivity contribution >= 4 is 21.8 Å². The number of carbonyl (C=O) groups is 1. The first-order chi connectivity index (χ1) is 8.84. The van der Waals surface area contributed by atoms with Crippen LogP contribution in [0.4, 0.5) is 22.0 Å². The van der Waals surface area contributed by atoms with E-state index >= 15 is 0 Å². The first-order valence-electron chi connectivity index (χ1n) is 5.23. The van der Waals surface area contributed by atoms with Crippen LogP contribution in [0.1, 0.15) is 23.7 Å². The van der Waals surface area contributed by atoms with Crippen molar-refractivity contribution in [3.8, 4) is 0 Å². The minimum atomic E-state index is -2.29. The Morgan fingerprint density at radius 3 is 1.84 bits per heavy atom. The number of alkyl halides is 1. The Kier molecular flexibility index (Phi) is 5.28. The van der Waals surface area contributed by atoms with Crippen molar-refractivity contribution < 1.29 is 26.7 Å². The number of nitrogens with one attached hydrogen (secondary N) is 1. The highest BCUT2D eigenvalue weighted by Crippen LogP contribution is 2.23. The summed E-state index contributed by atoms with van der Waals surface area (Å²) in [7, 11) is 0. The highest BCUT2D eigenvalue weighted by Gasteiger charge is 2.30. The fraction of sp³-hybridized carbons (Fsp3) is 0.364. The Bertz CT molecular complexity index is 475. The smallest absolute Gasteiger partial charge is 0.257 e. The van der Waals surface area contributed by atoms with Crippen LogP contribution in [0.2, 0.25) is 0 Å². The lowest BCUT2D eigenvalue weighted by molar-refractivity contribution is 0.0928. The summed E-state index contributed by atoms with van der Waals surface area (Å²) in [5, 5.41) is 2.45. The molecule has 1 aromatic rings. The minimum absolute atomic E-state index is 0.282. The van der Waals surface area contributed by atoms with Crippen molar-refractivity contribution in [2.24, 2.45) is 0 Å². The summed E-state index contributed by atoms with van der Waals surface area (Å²) < 4.78 is 65.3. The summed E-state index contributed by atoms with van der Waals surface area (Å²) in [5.74, 6) is -12.2. The van der Waals surface area contributed by atoms with Crippen molar-refractivity contribution in [3.05, 3.63) is 34.6 Å². The zero-order valence-electron chi connectivity index (χ0n) is 9.67. The molecule has 0 saturated carbocycles. The van der Waals surface area contributed by atoms with Crippen LogP contribution in [0.15, 0.2) is 0 Å². The van der Waals surface area contributed by atoms with E-state index in [-0.39, 0.29) is 5.33 Å². The Balaban J connectivity index is 3.24. The van der Waals surface area contributed by atoms with Crippen molar-refractivity contribution in [2.45, 2.75) is 19.4 Å². The Morgan fingerprint density at radius 2 is 1.47 bits per heavy atom. The molecule has 0 aliphatic carbocycles. The van der Waals surface area contributed by atoms with E-state index in [9.17, 15) is 26.7 Å². The molecule has 0 aliphatic rings. The second-order valence-corrected chi connectivity index (χ2v) is 4.33. The lowest BCUT2D eigenvalue weighted by atomic mass is 10.1. The predicted molar refractivity (Wildman–Crippen MR) is 61.6 cm³/mol. The molecule has 106 valence electrons. The average Bonchev–Trinajstić information content (AvgIpc) is 2.40. The van der Waals surface area contributed by atoms with Crippen LogP contribution < -0.4 is 5.32 Å². The quantitative estimate of drug-likeness (QED) is 0.386. The van der Waals surface area contributed by atoms with E-state index in [1.165, 1.54) is 0 Å². The van der Waals surface area contributed by atoms with Gasteiger partial charge in [0, 0.05) is 11.4 Å². The van der Waals surface area contributed by atoms with Gasteiger partial charge in [0.05, 0.1) is 0 Å². The van der Waals surface area contributed by atoms with Gasteiger partial charge in [-0.3, -0.25) is 4.79 Å². The number of rotatable bonds is 4. The van der Waals surface area contributed by atoms with Gasteiger partial charge in [-0.05, 0) is 6.42 Å². The molecule has 0 aromatic heterocycles. The molecule has 1 unspecified atom stereocenters. The van der Waals surface area contributed by atoms with Crippen LogP contribution in [-0.4, -0.2) is 17.3 Å². The molecular formula is C11H9BrF5NO. The lowest BCUT2D eigenvalue weighted by Gasteiger charge is -2.15. The molecule has 2 nitrogen and oxygen atoms in total. The van der Waals surface area contributed by atoms with E-state index in [1.54, 1.807) is 6.92 Å². The summed E-state index contributed by atoms with van der Waals surface area (Å²) in [5.41, 5.74) is -1.48. The normalized spacial score (nSPS) is 12.4. The summed E-state index contributed by atoms with van der Waals surface area (Å²) >= 11 is 3.04. The standard InChI is InChI=1S/C11H9BrF5NO/c1-2-4(3-12)18-11(19)5-6(13)8(15)10(17)9(16)7(5)14/h4H,2-3H2,1H3,(H,18,19). The van der Waals surface area contributed by atoms with E-state index in [1.807, 2.05) is 0 Å². The highest BCUT2D eigenvalue weighted by molar-refractivity contribution is 9.09. The Labute approximate surface area is 114 Å². The van der Waals surface area contributed by atoms with Crippen LogP contribution >= 0.6 is 15.9 Å². The third-order valence-corrected chi connectivity index (χ3v) is 3.23. The molecule has 19 heavy (non-hydrogen) atoms. The first-order valence-corrected chi connectivity index (χ1v) is 6.35. The SMILES string of the molecule is CCC(CBr)NC(=O)c1c(F)c(F)c(F)c(F)c1F. The molecule has 1 aromatic carbocycles. The molecule has 8 heteroatoms. The van der Waals surface area contributed by atoms with Gasteiger partial charge in [0.1, 0.15) is 5.56 Å². The maximum Gasteiger partial charge on any atom is 0.257 e. The zero-order valence-corrected chi connectivity index (χ0v) is 11.3. The Hall–Kier alpha value is -1.18. The minimum Gasteiger partial charge on any atom is -0.348 e. The van der Waals surface area contributed by atoms with Crippen molar-refractivity contribution in [1.82, 2.24) is 5.32 Å². The maximum atomic E-state index is 13.3. The average molecular weight is 346 g/mol. The van der Waals surface area contributed by atoms with E-state index < -0.39 is 46.6 Å². The number of carbonyl (C=O) groups excluding carboxylic acids is 1. The molecule has 0 radical (unpaired) electrons. The third-order valence-electron chi connectivity index (χ3n) is 2.45. The lowest BCUT2D eigenvalue weighted by Crippen LogP contribution is -2.37. The van der Waals surface area contributed by atoms with Gasteiger partial charge in [-0.1, -0.05) is 22.9 Å². The summed E-state index contributed by atoms with van der Waals surface area (Å²) in [6.07, 6.45) is 0.423. The van der Waals surface area contributed by atoms with Gasteiger partial charge in [0.2, 0.25) is 5.82 Å². The van der Waals surface area contributed by atoms with Gasteiger partial charge < -0.3 is 5.32 Å². The van der Waals surface area contributed by atoms with Crippen molar-refractivity contribution in [2.75, 3.05) is 5.33 Å². The highest BCUT2D eigenvalue weighted by atomic mass is 79.9. The van der Waals surface area contributed by atoms with Gasteiger partial charge >= 0.3 is 0 Å². The van der Waals surface area contributed by atoms with Crippen molar-refractivity contribution in [3.63, 3.8) is 0 Å². The maximum absolute atomic E-state index is 13.3. The molecule has 0 fully saturated rings. The van der Waals surface area contributed by atoms with Crippen LogP contribution in [0.5, 0.6) is 0 Å². The molecule has 0 saturated heterocycles. The van der Waals surface area contributed by atoms with Gasteiger partial charge in [-0.25, -0.2) is 22.0 Å². The predicted octanol–water partition coefficient (Wildman–Crippen LogP) is 3.29. The van der Waals surface area contributed by atoms with E-state index in [0.717, 1.165) is 0 Å². The monoisotopic (exact) mass is 345 g/mol. The second kappa shape index (κ2) is 6.31. The van der Waals surface area contributed by atoms with Gasteiger partial charge in [0.25, 0.3) is 5.91 Å². The van der Waals surface area contributed by atoms with Crippen LogP contribution in [0, 0.1) is 29.1 Å². The molecule has 1 rings (SSSR count). The van der Waals surface area contributed by atoms with E-state index in [2.05, 4.69) is 21.2 Å². The van der Waals surface area contributed by atoms with Crippen LogP contribution in [0.3, 0.4) is 0 Å². The molecule has 1 amide bonds. The fourth-order valence-corrected chi connectivity index (χ4v) is 1.93. The number of halogens is 6. The molecule has 0 spiro atoms. The number of hydrogen-bond acceptors (Lipinski definition) is 1. The molecule has 1 N–H and O–H groups in total. The summed E-state index contributed by atoms with van der Waals surface area (Å²) in [4.78, 5) is 11.6. The first kappa shape index (κ1) is 15.9. The molecule has 0 aliphatic heterocycles. The Morgan fingerprint density at radius 1 is 1.05 bits per heavy atom. The van der Waals surface area contributed by atoms with Gasteiger partial charge in [-0.2, -0.15) is 0 Å². The van der Waals surface area contributed by atoms with Crippen molar-refractivity contribution in [1.29, 1.82) is 0 Å². The van der Waals surface area contributed by atoms with Gasteiger partial charge in [0.15, 0.2) is 23.3 Å². The number of amides is 1. The van der Waals surface area contributed by atoms with E-state index in [4.69, 9.17) is 0 Å². The third kappa shape index (κ3) is 3.05. The molecular weight excluding hydrogens is 337 g/mol. The zero-order chi connectivity index (χ0) is 14.7. The molecule has 0 bridgehead atoms. The van der Waals surface area contributed by atoms with Crippen LogP contribution in [-0.2, 0) is 0 Å². The largest absolute Gasteiger partial charge is 0.348 e. The molecule has 0 heterocycles. The van der Waals surface area contributed by atoms with E-state index in [0.29, 0.717) is 6.42 Å². The number of benzene rings is 1. The summed E-state index contributed by atoms with van der Waals surface area (Å²) in [6, 6.07) is -0.484. The van der Waals surface area contributed by atoms with Crippen LogP contribution in [0.25, 0.3) is 0 Å². The topological polar surface area (TPSA) is 29.1 Å².